The van der Waals surface area contributed by atoms with Crippen molar-refractivity contribution in [2.45, 2.75) is 20.0 Å². The van der Waals surface area contributed by atoms with Crippen LogP contribution in [0.3, 0.4) is 0 Å². The summed E-state index contributed by atoms with van der Waals surface area (Å²) >= 11 is 0. The van der Waals surface area contributed by atoms with Crippen LogP contribution in [-0.4, -0.2) is 25.6 Å². The quantitative estimate of drug-likeness (QED) is 0.533. The third-order valence-corrected chi connectivity index (χ3v) is 0.831. The van der Waals surface area contributed by atoms with Crippen molar-refractivity contribution < 1.29 is 9.63 Å². The van der Waals surface area contributed by atoms with Crippen LogP contribution in [0.15, 0.2) is 0 Å². The lowest BCUT2D eigenvalue weighted by atomic mass is 10.5. The Morgan fingerprint density at radius 1 is 1.60 bits per heavy atom. The summed E-state index contributed by atoms with van der Waals surface area (Å²) in [4.78, 5) is 15.4. The number of hydrogen-bond acceptors (Lipinski definition) is 3. The molecule has 60 valence electrons. The number of rotatable bonds is 4. The molecular formula is C6H14N2O2. The van der Waals surface area contributed by atoms with Crippen LogP contribution in [0.2, 0.25) is 0 Å². The molecule has 0 aromatic carbocycles. The zero-order valence-electron chi connectivity index (χ0n) is 6.60. The molecule has 4 nitrogen and oxygen atoms in total. The highest BCUT2D eigenvalue weighted by Gasteiger charge is 1.96. The topological polar surface area (TPSA) is 50.4 Å². The molecule has 0 saturated heterocycles. The van der Waals surface area contributed by atoms with E-state index >= 15 is 0 Å². The first kappa shape index (κ1) is 9.39. The third-order valence-electron chi connectivity index (χ3n) is 0.831. The van der Waals surface area contributed by atoms with E-state index in [1.807, 2.05) is 13.8 Å². The molecule has 0 aliphatic rings. The second kappa shape index (κ2) is 5.20. The molecule has 10 heavy (non-hydrogen) atoms. The predicted octanol–water partition coefficient (Wildman–Crippen LogP) is -0.338. The van der Waals surface area contributed by atoms with Crippen LogP contribution in [0.1, 0.15) is 13.8 Å². The van der Waals surface area contributed by atoms with Crippen molar-refractivity contribution in [2.24, 2.45) is 0 Å². The second-order valence-corrected chi connectivity index (χ2v) is 2.16. The van der Waals surface area contributed by atoms with Crippen molar-refractivity contribution in [1.82, 2.24) is 10.8 Å². The number of amides is 1. The maximum atomic E-state index is 10.5. The van der Waals surface area contributed by atoms with Crippen LogP contribution in [0, 0.1) is 0 Å². The van der Waals surface area contributed by atoms with Gasteiger partial charge in [0.25, 0.3) is 0 Å². The van der Waals surface area contributed by atoms with Crippen molar-refractivity contribution in [2.75, 3.05) is 13.6 Å². The molecule has 0 atom stereocenters. The van der Waals surface area contributed by atoms with Crippen LogP contribution in [0.5, 0.6) is 0 Å². The molecular weight excluding hydrogens is 132 g/mol. The van der Waals surface area contributed by atoms with Gasteiger partial charge in [-0.1, -0.05) is 0 Å². The highest BCUT2D eigenvalue weighted by Crippen LogP contribution is 1.80. The largest absolute Gasteiger partial charge is 0.358 e. The smallest absolute Gasteiger partial charge is 0.236 e. The highest BCUT2D eigenvalue weighted by molar-refractivity contribution is 5.77. The van der Waals surface area contributed by atoms with Gasteiger partial charge in [-0.15, -0.1) is 0 Å². The predicted molar refractivity (Wildman–Crippen MR) is 38.3 cm³/mol. The Hall–Kier alpha value is -0.610. The van der Waals surface area contributed by atoms with Crippen LogP contribution >= 0.6 is 0 Å². The van der Waals surface area contributed by atoms with E-state index in [4.69, 9.17) is 4.84 Å². The second-order valence-electron chi connectivity index (χ2n) is 2.16. The molecule has 0 spiro atoms. The van der Waals surface area contributed by atoms with Gasteiger partial charge in [0.15, 0.2) is 0 Å². The molecule has 2 N–H and O–H groups in total. The van der Waals surface area contributed by atoms with Gasteiger partial charge in [0.1, 0.15) is 0 Å². The molecule has 0 aliphatic carbocycles. The van der Waals surface area contributed by atoms with Crippen molar-refractivity contribution in [3.8, 4) is 0 Å². The summed E-state index contributed by atoms with van der Waals surface area (Å²) in [7, 11) is 1.58. The summed E-state index contributed by atoms with van der Waals surface area (Å²) in [6.07, 6.45) is 0.102. The molecule has 0 unspecified atom stereocenters. The summed E-state index contributed by atoms with van der Waals surface area (Å²) < 4.78 is 0. The van der Waals surface area contributed by atoms with Gasteiger partial charge in [-0.05, 0) is 13.8 Å². The fraction of sp³-hybridized carbons (Fsp3) is 0.833. The summed E-state index contributed by atoms with van der Waals surface area (Å²) in [5.41, 5.74) is 2.52. The highest BCUT2D eigenvalue weighted by atomic mass is 16.7. The monoisotopic (exact) mass is 146 g/mol. The molecule has 0 heterocycles. The first-order valence-electron chi connectivity index (χ1n) is 3.26. The van der Waals surface area contributed by atoms with Crippen LogP contribution in [0.25, 0.3) is 0 Å². The van der Waals surface area contributed by atoms with Gasteiger partial charge in [0.05, 0.1) is 12.6 Å². The van der Waals surface area contributed by atoms with Crippen LogP contribution < -0.4 is 10.8 Å². The van der Waals surface area contributed by atoms with Crippen molar-refractivity contribution >= 4 is 5.91 Å². The molecule has 0 saturated carbocycles. The molecule has 0 bridgehead atoms. The van der Waals surface area contributed by atoms with E-state index in [0.29, 0.717) is 0 Å². The maximum absolute atomic E-state index is 10.5. The van der Waals surface area contributed by atoms with Crippen LogP contribution in [-0.2, 0) is 9.63 Å². The van der Waals surface area contributed by atoms with Crippen molar-refractivity contribution in [3.63, 3.8) is 0 Å². The normalized spacial score (nSPS) is 10.0. The zero-order chi connectivity index (χ0) is 7.98. The number of hydrogen-bond donors (Lipinski definition) is 2. The van der Waals surface area contributed by atoms with Gasteiger partial charge in [0.2, 0.25) is 5.91 Å². The molecule has 4 heteroatoms. The summed E-state index contributed by atoms with van der Waals surface area (Å²) in [6.45, 7) is 3.97. The molecule has 0 aliphatic heterocycles. The van der Waals surface area contributed by atoms with Crippen molar-refractivity contribution in [3.05, 3.63) is 0 Å². The Balaban J connectivity index is 3.12. The molecule has 0 rings (SSSR count). The first-order valence-corrected chi connectivity index (χ1v) is 3.26. The Kier molecular flexibility index (Phi) is 4.88. The van der Waals surface area contributed by atoms with Gasteiger partial charge < -0.3 is 5.32 Å². The van der Waals surface area contributed by atoms with E-state index in [2.05, 4.69) is 10.8 Å². The fourth-order valence-corrected chi connectivity index (χ4v) is 0.362. The summed E-state index contributed by atoms with van der Waals surface area (Å²) in [6, 6.07) is 0. The standard InChI is InChI=1S/C6H14N2O2/c1-5(2)10-8-4-6(9)7-3/h5,8H,4H2,1-3H3,(H,7,9). The van der Waals surface area contributed by atoms with Gasteiger partial charge in [-0.2, -0.15) is 5.48 Å². The van der Waals surface area contributed by atoms with E-state index in [0.717, 1.165) is 0 Å². The average molecular weight is 146 g/mol. The summed E-state index contributed by atoms with van der Waals surface area (Å²) in [5.74, 6) is -0.0827. The van der Waals surface area contributed by atoms with Gasteiger partial charge in [0, 0.05) is 7.05 Å². The molecule has 1 amide bonds. The van der Waals surface area contributed by atoms with Crippen molar-refractivity contribution in [1.29, 1.82) is 0 Å². The van der Waals surface area contributed by atoms with Gasteiger partial charge in [-0.25, -0.2) is 0 Å². The third kappa shape index (κ3) is 5.53. The number of carbonyl (C=O) groups excluding carboxylic acids is 1. The lowest BCUT2D eigenvalue weighted by Crippen LogP contribution is -2.32. The van der Waals surface area contributed by atoms with Gasteiger partial charge in [-0.3, -0.25) is 9.63 Å². The molecule has 0 aromatic heterocycles. The lowest BCUT2D eigenvalue weighted by molar-refractivity contribution is -0.123. The maximum Gasteiger partial charge on any atom is 0.236 e. The van der Waals surface area contributed by atoms with E-state index in [9.17, 15) is 4.79 Å². The summed E-state index contributed by atoms with van der Waals surface area (Å²) in [5, 5.41) is 2.46. The zero-order valence-corrected chi connectivity index (χ0v) is 6.60. The Labute approximate surface area is 60.9 Å². The lowest BCUT2D eigenvalue weighted by Gasteiger charge is -2.06. The molecule has 0 aromatic rings. The number of likely N-dealkylation sites (N-methyl/N-ethyl adjacent to an activating group) is 1. The SMILES string of the molecule is CNC(=O)CNOC(C)C. The minimum Gasteiger partial charge on any atom is -0.358 e. The van der Waals surface area contributed by atoms with E-state index in [1.165, 1.54) is 0 Å². The van der Waals surface area contributed by atoms with Crippen LogP contribution in [0.4, 0.5) is 0 Å². The Morgan fingerprint density at radius 3 is 2.60 bits per heavy atom. The number of hydroxylamine groups is 1. The first-order chi connectivity index (χ1) is 4.66. The van der Waals surface area contributed by atoms with E-state index in [-0.39, 0.29) is 18.6 Å². The Bertz CT molecular complexity index is 104. The van der Waals surface area contributed by atoms with E-state index in [1.54, 1.807) is 7.05 Å². The number of nitrogens with one attached hydrogen (secondary N) is 2. The van der Waals surface area contributed by atoms with Gasteiger partial charge >= 0.3 is 0 Å². The van der Waals surface area contributed by atoms with E-state index < -0.39 is 0 Å². The average Bonchev–Trinajstić information content (AvgIpc) is 1.87. The molecule has 0 fully saturated rings. The molecule has 0 radical (unpaired) electrons. The fourth-order valence-electron chi connectivity index (χ4n) is 0.362. The minimum absolute atomic E-state index is 0.0827. The minimum atomic E-state index is -0.0827. The Morgan fingerprint density at radius 2 is 2.20 bits per heavy atom. The number of carbonyl (C=O) groups is 1.